The van der Waals surface area contributed by atoms with Gasteiger partial charge in [-0.2, -0.15) is 0 Å². The van der Waals surface area contributed by atoms with E-state index in [4.69, 9.17) is 9.84 Å². The molecule has 0 bridgehead atoms. The molecule has 4 nitrogen and oxygen atoms in total. The van der Waals surface area contributed by atoms with E-state index in [-0.39, 0.29) is 6.61 Å². The summed E-state index contributed by atoms with van der Waals surface area (Å²) >= 11 is 0. The van der Waals surface area contributed by atoms with Crippen molar-refractivity contribution in [2.75, 3.05) is 59.1 Å². The summed E-state index contributed by atoms with van der Waals surface area (Å²) < 4.78 is 5.23. The van der Waals surface area contributed by atoms with Gasteiger partial charge in [-0.05, 0) is 6.42 Å². The van der Waals surface area contributed by atoms with Crippen molar-refractivity contribution >= 4 is 0 Å². The number of hydrogen-bond donors (Lipinski definition) is 1. The van der Waals surface area contributed by atoms with Gasteiger partial charge >= 0.3 is 0 Å². The maximum Gasteiger partial charge on any atom is 0.0697 e. The lowest BCUT2D eigenvalue weighted by Crippen LogP contribution is -2.46. The maximum absolute atomic E-state index is 8.54. The van der Waals surface area contributed by atoms with Crippen LogP contribution in [0.4, 0.5) is 0 Å². The fourth-order valence-corrected chi connectivity index (χ4v) is 1.93. The summed E-state index contributed by atoms with van der Waals surface area (Å²) in [6.45, 7) is 11.8. The van der Waals surface area contributed by atoms with Gasteiger partial charge in [-0.25, -0.2) is 0 Å². The standard InChI is InChI=1S/C12H24N2O2/c1-2-4-13-6-8-14(9-7-13)5-3-11-16-12-10-15/h2,15H,1,3-12H2. The Labute approximate surface area is 98.5 Å². The Balaban J connectivity index is 1.97. The first-order valence-corrected chi connectivity index (χ1v) is 6.11. The molecule has 1 aliphatic rings. The zero-order chi connectivity index (χ0) is 11.6. The van der Waals surface area contributed by atoms with Gasteiger partial charge in [-0.3, -0.25) is 4.90 Å². The van der Waals surface area contributed by atoms with E-state index in [9.17, 15) is 0 Å². The van der Waals surface area contributed by atoms with Crippen molar-refractivity contribution in [2.45, 2.75) is 6.42 Å². The van der Waals surface area contributed by atoms with Crippen LogP contribution in [0.5, 0.6) is 0 Å². The Morgan fingerprint density at radius 3 is 2.44 bits per heavy atom. The highest BCUT2D eigenvalue weighted by molar-refractivity contribution is 4.78. The van der Waals surface area contributed by atoms with Gasteiger partial charge in [-0.15, -0.1) is 6.58 Å². The van der Waals surface area contributed by atoms with Gasteiger partial charge in [0.25, 0.3) is 0 Å². The van der Waals surface area contributed by atoms with E-state index in [0.717, 1.165) is 52.3 Å². The second-order valence-electron chi connectivity index (χ2n) is 4.12. The number of hydrogen-bond acceptors (Lipinski definition) is 4. The van der Waals surface area contributed by atoms with Crippen molar-refractivity contribution in [3.63, 3.8) is 0 Å². The second-order valence-corrected chi connectivity index (χ2v) is 4.12. The molecule has 94 valence electrons. The highest BCUT2D eigenvalue weighted by atomic mass is 16.5. The molecular weight excluding hydrogens is 204 g/mol. The van der Waals surface area contributed by atoms with Crippen LogP contribution in [0.1, 0.15) is 6.42 Å². The summed E-state index contributed by atoms with van der Waals surface area (Å²) in [6.07, 6.45) is 3.03. The van der Waals surface area contributed by atoms with Crippen LogP contribution < -0.4 is 0 Å². The van der Waals surface area contributed by atoms with Crippen molar-refractivity contribution in [1.82, 2.24) is 9.80 Å². The third-order valence-corrected chi connectivity index (χ3v) is 2.85. The van der Waals surface area contributed by atoms with Gasteiger partial charge in [-0.1, -0.05) is 6.08 Å². The van der Waals surface area contributed by atoms with Crippen LogP contribution in [0.25, 0.3) is 0 Å². The minimum absolute atomic E-state index is 0.125. The van der Waals surface area contributed by atoms with Gasteiger partial charge in [0, 0.05) is 45.9 Å². The summed E-state index contributed by atoms with van der Waals surface area (Å²) in [4.78, 5) is 4.90. The van der Waals surface area contributed by atoms with Crippen LogP contribution in [0.3, 0.4) is 0 Å². The summed E-state index contributed by atoms with van der Waals surface area (Å²) in [5.41, 5.74) is 0. The zero-order valence-corrected chi connectivity index (χ0v) is 10.1. The number of ether oxygens (including phenoxy) is 1. The average Bonchev–Trinajstić information content (AvgIpc) is 2.31. The fraction of sp³-hybridized carbons (Fsp3) is 0.833. The summed E-state index contributed by atoms with van der Waals surface area (Å²) in [5.74, 6) is 0. The van der Waals surface area contributed by atoms with Crippen LogP contribution in [-0.4, -0.2) is 74.0 Å². The molecule has 0 unspecified atom stereocenters. The van der Waals surface area contributed by atoms with E-state index in [0.29, 0.717) is 6.61 Å². The molecule has 1 aliphatic heterocycles. The number of aliphatic hydroxyl groups is 1. The molecule has 0 aromatic rings. The van der Waals surface area contributed by atoms with Crippen molar-refractivity contribution in [2.24, 2.45) is 0 Å². The van der Waals surface area contributed by atoms with E-state index in [1.54, 1.807) is 0 Å². The van der Waals surface area contributed by atoms with Crippen molar-refractivity contribution in [3.05, 3.63) is 12.7 Å². The molecule has 0 aliphatic carbocycles. The monoisotopic (exact) mass is 228 g/mol. The van der Waals surface area contributed by atoms with Crippen LogP contribution in [-0.2, 0) is 4.74 Å². The van der Waals surface area contributed by atoms with Gasteiger partial charge in [0.2, 0.25) is 0 Å². The Morgan fingerprint density at radius 1 is 1.12 bits per heavy atom. The molecule has 1 rings (SSSR count). The predicted molar refractivity (Wildman–Crippen MR) is 65.6 cm³/mol. The minimum atomic E-state index is 0.125. The van der Waals surface area contributed by atoms with Gasteiger partial charge < -0.3 is 14.7 Å². The molecule has 1 fully saturated rings. The van der Waals surface area contributed by atoms with E-state index in [2.05, 4.69) is 16.4 Å². The largest absolute Gasteiger partial charge is 0.394 e. The lowest BCUT2D eigenvalue weighted by Gasteiger charge is -2.34. The fourth-order valence-electron chi connectivity index (χ4n) is 1.93. The molecule has 1 heterocycles. The molecular formula is C12H24N2O2. The van der Waals surface area contributed by atoms with E-state index >= 15 is 0 Å². The highest BCUT2D eigenvalue weighted by Crippen LogP contribution is 2.02. The number of piperazine rings is 1. The smallest absolute Gasteiger partial charge is 0.0697 e. The van der Waals surface area contributed by atoms with Gasteiger partial charge in [0.05, 0.1) is 13.2 Å². The van der Waals surface area contributed by atoms with Gasteiger partial charge in [0.15, 0.2) is 0 Å². The average molecular weight is 228 g/mol. The van der Waals surface area contributed by atoms with Gasteiger partial charge in [0.1, 0.15) is 0 Å². The highest BCUT2D eigenvalue weighted by Gasteiger charge is 2.14. The Bertz CT molecular complexity index is 180. The summed E-state index contributed by atoms with van der Waals surface area (Å²) in [6, 6.07) is 0. The molecule has 0 aromatic heterocycles. The van der Waals surface area contributed by atoms with Crippen LogP contribution in [0.2, 0.25) is 0 Å². The molecule has 4 heteroatoms. The molecule has 0 atom stereocenters. The minimum Gasteiger partial charge on any atom is -0.394 e. The Hall–Kier alpha value is -0.420. The predicted octanol–water partition coefficient (Wildman–Crippen LogP) is 0.189. The quantitative estimate of drug-likeness (QED) is 0.475. The number of aliphatic hydroxyl groups excluding tert-OH is 1. The zero-order valence-electron chi connectivity index (χ0n) is 10.1. The van der Waals surface area contributed by atoms with E-state index in [1.807, 2.05) is 6.08 Å². The molecule has 1 saturated heterocycles. The third kappa shape index (κ3) is 5.61. The maximum atomic E-state index is 8.54. The second kappa shape index (κ2) is 8.70. The van der Waals surface area contributed by atoms with Crippen molar-refractivity contribution < 1.29 is 9.84 Å². The normalized spacial score (nSPS) is 18.8. The molecule has 0 spiro atoms. The SMILES string of the molecule is C=CCN1CCN(CCCOCCO)CC1. The van der Waals surface area contributed by atoms with Crippen LogP contribution in [0.15, 0.2) is 12.7 Å². The number of rotatable bonds is 8. The molecule has 16 heavy (non-hydrogen) atoms. The van der Waals surface area contributed by atoms with E-state index in [1.165, 1.54) is 0 Å². The van der Waals surface area contributed by atoms with Crippen molar-refractivity contribution in [1.29, 1.82) is 0 Å². The van der Waals surface area contributed by atoms with Crippen LogP contribution >= 0.6 is 0 Å². The molecule has 1 N–H and O–H groups in total. The lowest BCUT2D eigenvalue weighted by atomic mass is 10.3. The Morgan fingerprint density at radius 2 is 1.81 bits per heavy atom. The first-order valence-electron chi connectivity index (χ1n) is 6.11. The molecule has 0 radical (unpaired) electrons. The molecule has 0 amide bonds. The number of nitrogens with zero attached hydrogens (tertiary/aromatic N) is 2. The first kappa shape index (κ1) is 13.6. The Kier molecular flexibility index (Phi) is 7.42. The lowest BCUT2D eigenvalue weighted by molar-refractivity contribution is 0.0777. The van der Waals surface area contributed by atoms with Crippen LogP contribution in [0, 0.1) is 0 Å². The summed E-state index contributed by atoms with van der Waals surface area (Å²) in [7, 11) is 0. The molecule has 0 saturated carbocycles. The van der Waals surface area contributed by atoms with Crippen molar-refractivity contribution in [3.8, 4) is 0 Å². The third-order valence-electron chi connectivity index (χ3n) is 2.85. The van der Waals surface area contributed by atoms with E-state index < -0.39 is 0 Å². The topological polar surface area (TPSA) is 35.9 Å². The molecule has 0 aromatic carbocycles. The first-order chi connectivity index (χ1) is 7.86. The summed E-state index contributed by atoms with van der Waals surface area (Å²) in [5, 5.41) is 8.54.